The second-order valence-corrected chi connectivity index (χ2v) is 10.4. The van der Waals surface area contributed by atoms with E-state index in [2.05, 4.69) is 31.1 Å². The first kappa shape index (κ1) is 24.4. The summed E-state index contributed by atoms with van der Waals surface area (Å²) in [4.78, 5) is 15.6. The Morgan fingerprint density at radius 3 is 2.57 bits per heavy atom. The van der Waals surface area contributed by atoms with Crippen LogP contribution in [0.2, 0.25) is 0 Å². The third kappa shape index (κ3) is 5.20. The molecule has 0 bridgehead atoms. The largest absolute Gasteiger partial charge is 0.497 e. The van der Waals surface area contributed by atoms with Crippen LogP contribution < -0.4 is 9.04 Å². The number of hydrogen-bond donors (Lipinski definition) is 2. The third-order valence-corrected chi connectivity index (χ3v) is 7.49. The number of methoxy groups -OCH3 is 1. The number of sulfonamides is 1. The Morgan fingerprint density at radius 1 is 1.11 bits per heavy atom. The number of amides is 1. The summed E-state index contributed by atoms with van der Waals surface area (Å²) < 4.78 is 33.9. The molecule has 4 rings (SSSR count). The number of aryl methyl sites for hydroxylation is 1. The van der Waals surface area contributed by atoms with Gasteiger partial charge in [0.15, 0.2) is 5.69 Å². The molecule has 3 aromatic carbocycles. The smallest absolute Gasteiger partial charge is 0.285 e. The summed E-state index contributed by atoms with van der Waals surface area (Å²) >= 11 is 3.36. The van der Waals surface area contributed by atoms with Crippen LogP contribution in [0, 0.1) is 6.92 Å². The van der Waals surface area contributed by atoms with Crippen molar-refractivity contribution in [3.8, 4) is 11.6 Å². The van der Waals surface area contributed by atoms with E-state index in [1.54, 1.807) is 48.5 Å². The van der Waals surface area contributed by atoms with Crippen molar-refractivity contribution in [3.63, 3.8) is 0 Å². The lowest BCUT2D eigenvalue weighted by Crippen LogP contribution is -2.35. The molecule has 35 heavy (non-hydrogen) atoms. The molecule has 1 aromatic heterocycles. The van der Waals surface area contributed by atoms with E-state index in [-0.39, 0.29) is 22.2 Å². The molecule has 0 radical (unpaired) electrons. The fourth-order valence-electron chi connectivity index (χ4n) is 3.42. The Labute approximate surface area is 210 Å². The molecule has 0 unspecified atom stereocenters. The molecule has 1 heterocycles. The average molecular weight is 557 g/mol. The molecular formula is C24H21BrN4O5S. The van der Waals surface area contributed by atoms with Gasteiger partial charge in [-0.1, -0.05) is 39.7 Å². The van der Waals surface area contributed by atoms with Gasteiger partial charge in [0.1, 0.15) is 12.3 Å². The van der Waals surface area contributed by atoms with Crippen molar-refractivity contribution >= 4 is 54.1 Å². The Kier molecular flexibility index (Phi) is 6.90. The van der Waals surface area contributed by atoms with Crippen LogP contribution in [0.3, 0.4) is 0 Å². The number of rotatable bonds is 7. The van der Waals surface area contributed by atoms with Crippen LogP contribution in [-0.2, 0) is 14.8 Å². The summed E-state index contributed by atoms with van der Waals surface area (Å²) in [5, 5.41) is 18.3. The van der Waals surface area contributed by atoms with Gasteiger partial charge in [0.05, 0.1) is 23.2 Å². The van der Waals surface area contributed by atoms with Crippen molar-refractivity contribution in [2.75, 3.05) is 18.0 Å². The average Bonchev–Trinajstić information content (AvgIpc) is 3.15. The van der Waals surface area contributed by atoms with Crippen molar-refractivity contribution in [1.29, 1.82) is 0 Å². The van der Waals surface area contributed by atoms with Gasteiger partial charge in [0.25, 0.3) is 15.9 Å². The number of aromatic amines is 1. The highest BCUT2D eigenvalue weighted by molar-refractivity contribution is 9.10. The number of benzene rings is 3. The normalized spacial score (nSPS) is 11.7. The maximum absolute atomic E-state index is 13.5. The lowest BCUT2D eigenvalue weighted by Gasteiger charge is -2.23. The zero-order valence-electron chi connectivity index (χ0n) is 18.8. The number of nitrogens with one attached hydrogen (secondary N) is 1. The first-order chi connectivity index (χ1) is 16.7. The number of halogens is 1. The molecule has 0 atom stereocenters. The van der Waals surface area contributed by atoms with Crippen LogP contribution in [-0.4, -0.2) is 38.1 Å². The molecule has 0 fully saturated rings. The summed E-state index contributed by atoms with van der Waals surface area (Å²) in [5.41, 5.74) is 1.80. The van der Waals surface area contributed by atoms with Gasteiger partial charge in [-0.3, -0.25) is 9.10 Å². The van der Waals surface area contributed by atoms with Crippen LogP contribution in [0.25, 0.3) is 10.9 Å². The van der Waals surface area contributed by atoms with Crippen molar-refractivity contribution in [1.82, 2.24) is 4.98 Å². The Hall–Kier alpha value is -3.70. The second-order valence-electron chi connectivity index (χ2n) is 7.63. The lowest BCUT2D eigenvalue weighted by molar-refractivity contribution is -0.116. The van der Waals surface area contributed by atoms with Gasteiger partial charge >= 0.3 is 0 Å². The van der Waals surface area contributed by atoms with Crippen molar-refractivity contribution in [2.45, 2.75) is 11.8 Å². The third-order valence-electron chi connectivity index (χ3n) is 5.20. The van der Waals surface area contributed by atoms with Crippen molar-refractivity contribution in [3.05, 3.63) is 76.8 Å². The van der Waals surface area contributed by atoms with Crippen LogP contribution in [0.4, 0.5) is 11.4 Å². The van der Waals surface area contributed by atoms with Crippen LogP contribution in [0.1, 0.15) is 5.56 Å². The van der Waals surface area contributed by atoms with Gasteiger partial charge < -0.3 is 14.8 Å². The second kappa shape index (κ2) is 9.88. The number of ether oxygens (including phenoxy) is 1. The minimum atomic E-state index is -4.12. The van der Waals surface area contributed by atoms with E-state index >= 15 is 0 Å². The molecule has 180 valence electrons. The number of carbonyl (C=O) groups excluding carboxylic acids is 1. The fourth-order valence-corrected chi connectivity index (χ4v) is 5.18. The molecule has 11 heteroatoms. The number of anilines is 1. The maximum atomic E-state index is 13.5. The number of aromatic nitrogens is 1. The number of nitrogens with zero attached hydrogens (tertiary/aromatic N) is 3. The molecule has 0 spiro atoms. The maximum Gasteiger partial charge on any atom is 0.285 e. The number of carbonyl (C=O) groups is 1. The van der Waals surface area contributed by atoms with E-state index in [0.717, 1.165) is 14.3 Å². The summed E-state index contributed by atoms with van der Waals surface area (Å²) in [6, 6.07) is 17.9. The van der Waals surface area contributed by atoms with Gasteiger partial charge in [0.2, 0.25) is 5.88 Å². The van der Waals surface area contributed by atoms with E-state index in [1.807, 2.05) is 6.92 Å². The van der Waals surface area contributed by atoms with Gasteiger partial charge in [0, 0.05) is 15.9 Å². The van der Waals surface area contributed by atoms with Gasteiger partial charge in [-0.2, -0.15) is 0 Å². The predicted octanol–water partition coefficient (Wildman–Crippen LogP) is 5.46. The van der Waals surface area contributed by atoms with E-state index < -0.39 is 22.5 Å². The summed E-state index contributed by atoms with van der Waals surface area (Å²) in [7, 11) is -2.66. The Morgan fingerprint density at radius 2 is 1.86 bits per heavy atom. The number of fused-ring (bicyclic) bond motifs is 1. The Bertz CT molecular complexity index is 1530. The van der Waals surface area contributed by atoms with E-state index in [0.29, 0.717) is 16.7 Å². The molecule has 2 N–H and O–H groups in total. The SMILES string of the molecule is COc1cccc(N(CC(=O)N=Nc2c(O)[nH]c3ccc(Br)cc23)S(=O)(=O)c2ccc(C)cc2)c1. The fraction of sp³-hybridized carbons (Fsp3) is 0.125. The molecule has 0 saturated carbocycles. The highest BCUT2D eigenvalue weighted by Gasteiger charge is 2.27. The zero-order valence-corrected chi connectivity index (χ0v) is 21.2. The molecule has 0 aliphatic heterocycles. The van der Waals surface area contributed by atoms with Gasteiger partial charge in [-0.05, 0) is 49.4 Å². The molecule has 0 saturated heterocycles. The predicted molar refractivity (Wildman–Crippen MR) is 136 cm³/mol. The molecular weight excluding hydrogens is 536 g/mol. The molecule has 0 aliphatic rings. The first-order valence-electron chi connectivity index (χ1n) is 10.4. The molecule has 0 aliphatic carbocycles. The van der Waals surface area contributed by atoms with Gasteiger partial charge in [-0.15, -0.1) is 10.2 Å². The number of hydrogen-bond acceptors (Lipinski definition) is 6. The number of H-pyrrole nitrogens is 1. The van der Waals surface area contributed by atoms with E-state index in [4.69, 9.17) is 4.74 Å². The summed E-state index contributed by atoms with van der Waals surface area (Å²) in [6.45, 7) is 1.23. The molecule has 4 aromatic rings. The van der Waals surface area contributed by atoms with E-state index in [1.165, 1.54) is 25.3 Å². The molecule has 1 amide bonds. The number of azo groups is 1. The Balaban J connectivity index is 1.69. The van der Waals surface area contributed by atoms with Gasteiger partial charge in [-0.25, -0.2) is 8.42 Å². The zero-order chi connectivity index (χ0) is 25.2. The minimum absolute atomic E-state index is 0.0229. The van der Waals surface area contributed by atoms with Crippen LogP contribution in [0.5, 0.6) is 11.6 Å². The monoisotopic (exact) mass is 556 g/mol. The molecule has 9 nitrogen and oxygen atoms in total. The highest BCUT2D eigenvalue weighted by Crippen LogP contribution is 2.37. The quantitative estimate of drug-likeness (QED) is 0.292. The first-order valence-corrected chi connectivity index (χ1v) is 12.6. The van der Waals surface area contributed by atoms with Crippen molar-refractivity contribution in [2.24, 2.45) is 10.2 Å². The standard InChI is InChI=1S/C24H21BrN4O5S/c1-15-6-9-19(10-7-15)35(32,33)29(17-4-3-5-18(13-17)34-2)14-22(30)27-28-23-20-12-16(25)8-11-21(20)26-24(23)31/h3-13,26,31H,14H2,1-2H3. The minimum Gasteiger partial charge on any atom is -0.497 e. The van der Waals surface area contributed by atoms with Crippen LogP contribution >= 0.6 is 15.9 Å². The number of aromatic hydroxyl groups is 1. The summed E-state index contributed by atoms with van der Waals surface area (Å²) in [6.07, 6.45) is 0. The van der Waals surface area contributed by atoms with Crippen LogP contribution in [0.15, 0.2) is 86.3 Å². The highest BCUT2D eigenvalue weighted by atomic mass is 79.9. The topological polar surface area (TPSA) is 124 Å². The van der Waals surface area contributed by atoms with E-state index in [9.17, 15) is 18.3 Å². The van der Waals surface area contributed by atoms with Crippen molar-refractivity contribution < 1.29 is 23.1 Å². The lowest BCUT2D eigenvalue weighted by atomic mass is 10.2. The summed E-state index contributed by atoms with van der Waals surface area (Å²) in [5.74, 6) is -0.659.